The molecule has 0 unspecified atom stereocenters. The zero-order valence-electron chi connectivity index (χ0n) is 15.3. The molecule has 9 heteroatoms. The second-order valence-electron chi connectivity index (χ2n) is 7.46. The van der Waals surface area contributed by atoms with Crippen molar-refractivity contribution in [1.29, 1.82) is 0 Å². The van der Waals surface area contributed by atoms with E-state index in [9.17, 15) is 18.0 Å². The van der Waals surface area contributed by atoms with E-state index < -0.39 is 10.0 Å². The Bertz CT molecular complexity index is 841. The molecule has 3 rings (SSSR count). The van der Waals surface area contributed by atoms with Gasteiger partial charge in [0.25, 0.3) is 5.56 Å². The maximum absolute atomic E-state index is 12.8. The molecular weight excluding hydrogens is 356 g/mol. The first-order valence-corrected chi connectivity index (χ1v) is 10.9. The fraction of sp³-hybridized carbons (Fsp3) is 0.706. The van der Waals surface area contributed by atoms with Crippen molar-refractivity contribution in [3.63, 3.8) is 0 Å². The Labute approximate surface area is 153 Å². The summed E-state index contributed by atoms with van der Waals surface area (Å²) in [6.07, 6.45) is 5.08. The van der Waals surface area contributed by atoms with E-state index in [1.165, 1.54) is 6.07 Å². The number of carbonyl (C=O) groups is 1. The third-order valence-corrected chi connectivity index (χ3v) is 5.93. The predicted molar refractivity (Wildman–Crippen MR) is 96.7 cm³/mol. The van der Waals surface area contributed by atoms with Crippen molar-refractivity contribution in [1.82, 2.24) is 19.2 Å². The molecule has 0 saturated heterocycles. The van der Waals surface area contributed by atoms with Crippen molar-refractivity contribution in [2.45, 2.75) is 52.2 Å². The lowest BCUT2D eigenvalue weighted by Gasteiger charge is -2.34. The molecule has 144 valence electrons. The van der Waals surface area contributed by atoms with Gasteiger partial charge in [0, 0.05) is 25.1 Å². The summed E-state index contributed by atoms with van der Waals surface area (Å²) in [6.45, 7) is 3.43. The Balaban J connectivity index is 1.73. The maximum atomic E-state index is 12.8. The zero-order chi connectivity index (χ0) is 18.9. The molecule has 0 radical (unpaired) electrons. The molecule has 1 aromatic heterocycles. The standard InChI is InChI=1S/C17H26N4O4S/c1-12-3-5-13(6-4-12)17(23)20-7-8-21-15(11-20)19-14(9-16(21)22)10-18-26(2,24)25/h9,12-13,18H,3-8,10-11H2,1-2H3. The molecule has 1 aromatic rings. The van der Waals surface area contributed by atoms with Gasteiger partial charge >= 0.3 is 0 Å². The van der Waals surface area contributed by atoms with Gasteiger partial charge < -0.3 is 4.90 Å². The third-order valence-electron chi connectivity index (χ3n) is 5.26. The van der Waals surface area contributed by atoms with Crippen LogP contribution in [0.4, 0.5) is 0 Å². The molecule has 0 bridgehead atoms. The Morgan fingerprint density at radius 3 is 2.62 bits per heavy atom. The van der Waals surface area contributed by atoms with Crippen molar-refractivity contribution in [2.24, 2.45) is 11.8 Å². The average Bonchev–Trinajstić information content (AvgIpc) is 2.59. The second kappa shape index (κ2) is 7.48. The molecule has 8 nitrogen and oxygen atoms in total. The van der Waals surface area contributed by atoms with Gasteiger partial charge in [-0.2, -0.15) is 0 Å². The van der Waals surface area contributed by atoms with E-state index in [1.54, 1.807) is 9.47 Å². The van der Waals surface area contributed by atoms with Gasteiger partial charge in [-0.3, -0.25) is 14.2 Å². The molecule has 1 fully saturated rings. The van der Waals surface area contributed by atoms with E-state index in [4.69, 9.17) is 0 Å². The highest BCUT2D eigenvalue weighted by molar-refractivity contribution is 7.88. The molecule has 1 aliphatic carbocycles. The Hall–Kier alpha value is -1.74. The number of hydrogen-bond donors (Lipinski definition) is 1. The molecule has 0 aromatic carbocycles. The molecule has 1 N–H and O–H groups in total. The fourth-order valence-corrected chi connectivity index (χ4v) is 4.10. The van der Waals surface area contributed by atoms with Crippen LogP contribution in [0, 0.1) is 11.8 Å². The van der Waals surface area contributed by atoms with Crippen molar-refractivity contribution < 1.29 is 13.2 Å². The predicted octanol–water partition coefficient (Wildman–Crippen LogP) is 0.461. The zero-order valence-corrected chi connectivity index (χ0v) is 16.1. The third kappa shape index (κ3) is 4.50. The van der Waals surface area contributed by atoms with Gasteiger partial charge in [0.05, 0.1) is 25.0 Å². The normalized spacial score (nSPS) is 23.5. The smallest absolute Gasteiger partial charge is 0.253 e. The van der Waals surface area contributed by atoms with E-state index >= 15 is 0 Å². The summed E-state index contributed by atoms with van der Waals surface area (Å²) in [7, 11) is -3.36. The second-order valence-corrected chi connectivity index (χ2v) is 9.30. The first-order chi connectivity index (χ1) is 12.2. The average molecular weight is 382 g/mol. The van der Waals surface area contributed by atoms with E-state index in [1.807, 2.05) is 0 Å². The number of aromatic nitrogens is 2. The van der Waals surface area contributed by atoms with Gasteiger partial charge in [-0.05, 0) is 31.6 Å². The molecule has 0 atom stereocenters. The molecule has 1 amide bonds. The highest BCUT2D eigenvalue weighted by atomic mass is 32.2. The topological polar surface area (TPSA) is 101 Å². The van der Waals surface area contributed by atoms with Gasteiger partial charge in [0.1, 0.15) is 5.82 Å². The number of nitrogens with one attached hydrogen (secondary N) is 1. The van der Waals surface area contributed by atoms with Crippen molar-refractivity contribution in [3.8, 4) is 0 Å². The monoisotopic (exact) mass is 382 g/mol. The Morgan fingerprint density at radius 2 is 1.96 bits per heavy atom. The van der Waals surface area contributed by atoms with E-state index in [-0.39, 0.29) is 23.9 Å². The number of rotatable bonds is 4. The highest BCUT2D eigenvalue weighted by Crippen LogP contribution is 2.30. The molecular formula is C17H26N4O4S. The lowest BCUT2D eigenvalue weighted by molar-refractivity contribution is -0.138. The van der Waals surface area contributed by atoms with E-state index in [0.29, 0.717) is 37.1 Å². The van der Waals surface area contributed by atoms with Crippen molar-refractivity contribution >= 4 is 15.9 Å². The molecule has 2 aliphatic rings. The maximum Gasteiger partial charge on any atom is 0.253 e. The Morgan fingerprint density at radius 1 is 1.27 bits per heavy atom. The van der Waals surface area contributed by atoms with Gasteiger partial charge in [-0.1, -0.05) is 6.92 Å². The first kappa shape index (κ1) is 19.0. The lowest BCUT2D eigenvalue weighted by atomic mass is 9.82. The number of carbonyl (C=O) groups excluding carboxylic acids is 1. The summed E-state index contributed by atoms with van der Waals surface area (Å²) in [5.74, 6) is 1.43. The van der Waals surface area contributed by atoms with Crippen LogP contribution in [0.1, 0.15) is 44.1 Å². The van der Waals surface area contributed by atoms with Crippen molar-refractivity contribution in [2.75, 3.05) is 12.8 Å². The van der Waals surface area contributed by atoms with Crippen LogP contribution in [-0.4, -0.2) is 41.6 Å². The van der Waals surface area contributed by atoms with E-state index in [2.05, 4.69) is 16.6 Å². The highest BCUT2D eigenvalue weighted by Gasteiger charge is 2.30. The Kier molecular flexibility index (Phi) is 5.47. The van der Waals surface area contributed by atoms with Crippen LogP contribution < -0.4 is 10.3 Å². The molecule has 26 heavy (non-hydrogen) atoms. The minimum absolute atomic E-state index is 0.0314. The summed E-state index contributed by atoms with van der Waals surface area (Å²) in [6, 6.07) is 1.35. The van der Waals surface area contributed by atoms with Crippen LogP contribution in [0.25, 0.3) is 0 Å². The summed E-state index contributed by atoms with van der Waals surface area (Å²) in [5, 5.41) is 0. The van der Waals surface area contributed by atoms with Crippen molar-refractivity contribution in [3.05, 3.63) is 27.9 Å². The number of sulfonamides is 1. The summed E-state index contributed by atoms with van der Waals surface area (Å²) >= 11 is 0. The quantitative estimate of drug-likeness (QED) is 0.815. The van der Waals surface area contributed by atoms with Gasteiger partial charge in [0.2, 0.25) is 15.9 Å². The number of hydrogen-bond acceptors (Lipinski definition) is 5. The minimum Gasteiger partial charge on any atom is -0.333 e. The number of fused-ring (bicyclic) bond motifs is 1. The van der Waals surface area contributed by atoms with Crippen LogP contribution in [0.5, 0.6) is 0 Å². The van der Waals surface area contributed by atoms with Gasteiger partial charge in [-0.15, -0.1) is 0 Å². The first-order valence-electron chi connectivity index (χ1n) is 9.06. The lowest BCUT2D eigenvalue weighted by Crippen LogP contribution is -2.45. The minimum atomic E-state index is -3.36. The number of nitrogens with zero attached hydrogens (tertiary/aromatic N) is 3. The summed E-state index contributed by atoms with van der Waals surface area (Å²) < 4.78 is 26.4. The number of amides is 1. The summed E-state index contributed by atoms with van der Waals surface area (Å²) in [4.78, 5) is 31.3. The van der Waals surface area contributed by atoms with Crippen LogP contribution >= 0.6 is 0 Å². The summed E-state index contributed by atoms with van der Waals surface area (Å²) in [5.41, 5.74) is 0.159. The van der Waals surface area contributed by atoms with Gasteiger partial charge in [-0.25, -0.2) is 18.1 Å². The van der Waals surface area contributed by atoms with Crippen LogP contribution in [0.2, 0.25) is 0 Å². The fourth-order valence-electron chi connectivity index (χ4n) is 3.69. The van der Waals surface area contributed by atoms with E-state index in [0.717, 1.165) is 31.9 Å². The molecule has 1 saturated carbocycles. The molecule has 1 aliphatic heterocycles. The molecule has 2 heterocycles. The van der Waals surface area contributed by atoms with Crippen LogP contribution in [-0.2, 0) is 34.5 Å². The SMILES string of the molecule is CC1CCC(C(=O)N2CCn3c(nc(CNS(C)(=O)=O)cc3=O)C2)CC1. The molecule has 0 spiro atoms. The van der Waals surface area contributed by atoms with Crippen LogP contribution in [0.3, 0.4) is 0 Å². The van der Waals surface area contributed by atoms with Crippen LogP contribution in [0.15, 0.2) is 10.9 Å². The largest absolute Gasteiger partial charge is 0.333 e. The van der Waals surface area contributed by atoms with Gasteiger partial charge in [0.15, 0.2) is 0 Å².